The zero-order valence-corrected chi connectivity index (χ0v) is 15.7. The Morgan fingerprint density at radius 3 is 2.58 bits per heavy atom. The number of morpholine rings is 1. The minimum Gasteiger partial charge on any atom is -0.455 e. The summed E-state index contributed by atoms with van der Waals surface area (Å²) in [6, 6.07) is 14.6. The first-order chi connectivity index (χ1) is 12.5. The van der Waals surface area contributed by atoms with E-state index < -0.39 is 0 Å². The van der Waals surface area contributed by atoms with Gasteiger partial charge in [-0.05, 0) is 44.2 Å². The molecule has 26 heavy (non-hydrogen) atoms. The molecule has 2 atom stereocenters. The predicted molar refractivity (Wildman–Crippen MR) is 103 cm³/mol. The second kappa shape index (κ2) is 8.54. The number of halogens is 1. The Morgan fingerprint density at radius 1 is 1.19 bits per heavy atom. The molecule has 1 aliphatic rings. The number of nitrogens with zero attached hydrogens (tertiary/aromatic N) is 1. The van der Waals surface area contributed by atoms with Gasteiger partial charge >= 0.3 is 0 Å². The fraction of sp³-hybridized carbons (Fsp3) is 0.350. The molecule has 2 aromatic carbocycles. The molecule has 0 radical (unpaired) electrons. The van der Waals surface area contributed by atoms with Crippen LogP contribution in [0.3, 0.4) is 0 Å². The van der Waals surface area contributed by atoms with Crippen molar-refractivity contribution in [2.24, 2.45) is 0 Å². The topological polar surface area (TPSA) is 50.8 Å². The average molecular weight is 375 g/mol. The van der Waals surface area contributed by atoms with Crippen LogP contribution in [-0.2, 0) is 9.53 Å². The van der Waals surface area contributed by atoms with Gasteiger partial charge in [-0.15, -0.1) is 0 Å². The van der Waals surface area contributed by atoms with E-state index in [2.05, 4.69) is 10.2 Å². The van der Waals surface area contributed by atoms with Crippen LogP contribution in [0.15, 0.2) is 48.5 Å². The van der Waals surface area contributed by atoms with E-state index in [9.17, 15) is 4.79 Å². The number of ether oxygens (including phenoxy) is 2. The van der Waals surface area contributed by atoms with E-state index in [0.717, 1.165) is 13.1 Å². The molecule has 1 amide bonds. The lowest BCUT2D eigenvalue weighted by molar-refractivity contribution is -0.121. The van der Waals surface area contributed by atoms with Gasteiger partial charge in [0, 0.05) is 18.1 Å². The molecule has 1 heterocycles. The Balaban J connectivity index is 1.68. The van der Waals surface area contributed by atoms with Crippen LogP contribution < -0.4 is 10.1 Å². The monoisotopic (exact) mass is 374 g/mol. The zero-order chi connectivity index (χ0) is 18.5. The SMILES string of the molecule is C[C@H]1CN(CC(=O)Nc2cc(Cl)ccc2Oc2ccccc2)C[C@H](C)O1. The summed E-state index contributed by atoms with van der Waals surface area (Å²) in [5, 5.41) is 3.45. The minimum absolute atomic E-state index is 0.105. The first kappa shape index (κ1) is 18.7. The maximum atomic E-state index is 12.5. The summed E-state index contributed by atoms with van der Waals surface area (Å²) in [4.78, 5) is 14.6. The molecule has 2 aromatic rings. The Morgan fingerprint density at radius 2 is 1.88 bits per heavy atom. The maximum Gasteiger partial charge on any atom is 0.238 e. The van der Waals surface area contributed by atoms with Gasteiger partial charge in [-0.1, -0.05) is 29.8 Å². The lowest BCUT2D eigenvalue weighted by Gasteiger charge is -2.34. The second-order valence-corrected chi connectivity index (χ2v) is 6.99. The fourth-order valence-corrected chi connectivity index (χ4v) is 3.28. The van der Waals surface area contributed by atoms with Gasteiger partial charge < -0.3 is 14.8 Å². The number of hydrogen-bond acceptors (Lipinski definition) is 4. The van der Waals surface area contributed by atoms with Crippen LogP contribution in [0.2, 0.25) is 5.02 Å². The van der Waals surface area contributed by atoms with Crippen LogP contribution in [0.25, 0.3) is 0 Å². The first-order valence-corrected chi connectivity index (χ1v) is 9.07. The number of rotatable bonds is 5. The fourth-order valence-electron chi connectivity index (χ4n) is 3.11. The molecule has 1 aliphatic heterocycles. The zero-order valence-electron chi connectivity index (χ0n) is 14.9. The van der Waals surface area contributed by atoms with E-state index >= 15 is 0 Å². The molecule has 1 fully saturated rings. The Bertz CT molecular complexity index is 744. The molecule has 0 saturated carbocycles. The molecule has 5 nitrogen and oxygen atoms in total. The molecular formula is C20H23ClN2O3. The van der Waals surface area contributed by atoms with Crippen molar-refractivity contribution >= 4 is 23.2 Å². The van der Waals surface area contributed by atoms with Gasteiger partial charge in [-0.3, -0.25) is 9.69 Å². The summed E-state index contributed by atoms with van der Waals surface area (Å²) in [5.41, 5.74) is 0.556. The highest BCUT2D eigenvalue weighted by Gasteiger charge is 2.24. The predicted octanol–water partition coefficient (Wildman–Crippen LogP) is 4.18. The van der Waals surface area contributed by atoms with Crippen LogP contribution in [0.5, 0.6) is 11.5 Å². The summed E-state index contributed by atoms with van der Waals surface area (Å²) in [7, 11) is 0. The average Bonchev–Trinajstić information content (AvgIpc) is 2.57. The summed E-state index contributed by atoms with van der Waals surface area (Å²) in [6.07, 6.45) is 0.240. The number of anilines is 1. The number of hydrogen-bond donors (Lipinski definition) is 1. The second-order valence-electron chi connectivity index (χ2n) is 6.56. The van der Waals surface area contributed by atoms with E-state index in [1.54, 1.807) is 18.2 Å². The number of nitrogens with one attached hydrogen (secondary N) is 1. The van der Waals surface area contributed by atoms with Crippen molar-refractivity contribution in [2.75, 3.05) is 25.0 Å². The normalized spacial score (nSPS) is 20.6. The number of benzene rings is 2. The molecule has 0 unspecified atom stereocenters. The van der Waals surface area contributed by atoms with Crippen molar-refractivity contribution in [1.82, 2.24) is 4.90 Å². The van der Waals surface area contributed by atoms with Gasteiger partial charge in [0.05, 0.1) is 24.4 Å². The Hall–Kier alpha value is -2.08. The van der Waals surface area contributed by atoms with Crippen LogP contribution in [0.1, 0.15) is 13.8 Å². The van der Waals surface area contributed by atoms with Crippen molar-refractivity contribution in [3.8, 4) is 11.5 Å². The van der Waals surface area contributed by atoms with Gasteiger partial charge in [0.25, 0.3) is 0 Å². The van der Waals surface area contributed by atoms with Crippen molar-refractivity contribution in [1.29, 1.82) is 0 Å². The highest BCUT2D eigenvalue weighted by Crippen LogP contribution is 2.32. The molecule has 0 aromatic heterocycles. The first-order valence-electron chi connectivity index (χ1n) is 8.69. The Kier molecular flexibility index (Phi) is 6.14. The largest absolute Gasteiger partial charge is 0.455 e. The number of carbonyl (C=O) groups excluding carboxylic acids is 1. The van der Waals surface area contributed by atoms with Crippen LogP contribution in [0, 0.1) is 0 Å². The quantitative estimate of drug-likeness (QED) is 0.853. The van der Waals surface area contributed by atoms with Crippen LogP contribution in [0.4, 0.5) is 5.69 Å². The lowest BCUT2D eigenvalue weighted by atomic mass is 10.2. The van der Waals surface area contributed by atoms with Gasteiger partial charge in [-0.25, -0.2) is 0 Å². The van der Waals surface area contributed by atoms with Gasteiger partial charge in [0.1, 0.15) is 5.75 Å². The third kappa shape index (κ3) is 5.21. The number of amides is 1. The van der Waals surface area contributed by atoms with E-state index in [1.807, 2.05) is 44.2 Å². The number of para-hydroxylation sites is 1. The maximum absolute atomic E-state index is 12.5. The molecule has 3 rings (SSSR count). The standard InChI is InChI=1S/C20H23ClN2O3/c1-14-11-23(12-15(2)25-14)13-20(24)22-18-10-16(21)8-9-19(18)26-17-6-4-3-5-7-17/h3-10,14-15H,11-13H2,1-2H3,(H,22,24)/t14-,15-/m0/s1. The molecule has 6 heteroatoms. The lowest BCUT2D eigenvalue weighted by Crippen LogP contribution is -2.48. The summed E-state index contributed by atoms with van der Waals surface area (Å²) < 4.78 is 11.6. The third-order valence-electron chi connectivity index (χ3n) is 4.05. The van der Waals surface area contributed by atoms with Crippen LogP contribution in [-0.4, -0.2) is 42.6 Å². The molecule has 0 spiro atoms. The minimum atomic E-state index is -0.105. The van der Waals surface area contributed by atoms with Crippen LogP contribution >= 0.6 is 11.6 Å². The van der Waals surface area contributed by atoms with E-state index in [4.69, 9.17) is 21.1 Å². The summed E-state index contributed by atoms with van der Waals surface area (Å²) in [6.45, 7) is 5.81. The number of carbonyl (C=O) groups is 1. The summed E-state index contributed by atoms with van der Waals surface area (Å²) in [5.74, 6) is 1.14. The van der Waals surface area contributed by atoms with Gasteiger partial charge in [-0.2, -0.15) is 0 Å². The Labute approximate surface area is 158 Å². The molecule has 0 bridgehead atoms. The van der Waals surface area contributed by atoms with Crippen molar-refractivity contribution in [3.05, 3.63) is 53.6 Å². The van der Waals surface area contributed by atoms with Crippen molar-refractivity contribution < 1.29 is 14.3 Å². The molecule has 1 saturated heterocycles. The smallest absolute Gasteiger partial charge is 0.238 e. The molecular weight excluding hydrogens is 352 g/mol. The highest BCUT2D eigenvalue weighted by atomic mass is 35.5. The summed E-state index contributed by atoms with van der Waals surface area (Å²) >= 11 is 6.10. The van der Waals surface area contributed by atoms with Crippen molar-refractivity contribution in [2.45, 2.75) is 26.1 Å². The van der Waals surface area contributed by atoms with E-state index in [0.29, 0.717) is 28.8 Å². The van der Waals surface area contributed by atoms with Crippen molar-refractivity contribution in [3.63, 3.8) is 0 Å². The van der Waals surface area contributed by atoms with E-state index in [-0.39, 0.29) is 18.1 Å². The van der Waals surface area contributed by atoms with Gasteiger partial charge in [0.2, 0.25) is 5.91 Å². The third-order valence-corrected chi connectivity index (χ3v) is 4.28. The van der Waals surface area contributed by atoms with E-state index in [1.165, 1.54) is 0 Å². The molecule has 1 N–H and O–H groups in total. The molecule has 138 valence electrons. The van der Waals surface area contributed by atoms with Gasteiger partial charge in [0.15, 0.2) is 5.75 Å². The molecule has 0 aliphatic carbocycles. The highest BCUT2D eigenvalue weighted by molar-refractivity contribution is 6.31.